The first kappa shape index (κ1) is 14.8. The lowest BCUT2D eigenvalue weighted by Crippen LogP contribution is -2.34. The molecule has 0 aromatic heterocycles. The lowest BCUT2D eigenvalue weighted by Gasteiger charge is -2.25. The molecule has 2 unspecified atom stereocenters. The Labute approximate surface area is 123 Å². The van der Waals surface area contributed by atoms with E-state index in [4.69, 9.17) is 17.3 Å². The zero-order valence-corrected chi connectivity index (χ0v) is 12.1. The van der Waals surface area contributed by atoms with Crippen molar-refractivity contribution in [3.8, 4) is 0 Å². The van der Waals surface area contributed by atoms with E-state index in [1.165, 1.54) is 17.7 Å². The second-order valence-electron chi connectivity index (χ2n) is 4.81. The first-order valence-electron chi connectivity index (χ1n) is 6.58. The van der Waals surface area contributed by atoms with Gasteiger partial charge in [0.05, 0.1) is 10.7 Å². The lowest BCUT2D eigenvalue weighted by molar-refractivity contribution is 0.607. The van der Waals surface area contributed by atoms with Crippen LogP contribution < -0.4 is 11.1 Å². The fourth-order valence-electron chi connectivity index (χ4n) is 2.18. The molecule has 0 bridgehead atoms. The third kappa shape index (κ3) is 3.50. The average molecular weight is 293 g/mol. The van der Waals surface area contributed by atoms with Gasteiger partial charge >= 0.3 is 0 Å². The molecule has 3 N–H and O–H groups in total. The van der Waals surface area contributed by atoms with Gasteiger partial charge in [0.1, 0.15) is 5.82 Å². The topological polar surface area (TPSA) is 38.0 Å². The molecule has 0 saturated carbocycles. The summed E-state index contributed by atoms with van der Waals surface area (Å²) < 4.78 is 13.3. The van der Waals surface area contributed by atoms with Crippen LogP contribution in [-0.4, -0.2) is 12.6 Å². The normalized spacial score (nSPS) is 13.8. The molecule has 106 valence electrons. The van der Waals surface area contributed by atoms with Crippen molar-refractivity contribution in [1.82, 2.24) is 0 Å². The molecule has 2 atom stereocenters. The molecule has 0 aliphatic rings. The Kier molecular flexibility index (Phi) is 4.99. The van der Waals surface area contributed by atoms with Gasteiger partial charge in [-0.25, -0.2) is 4.39 Å². The largest absolute Gasteiger partial charge is 0.379 e. The van der Waals surface area contributed by atoms with Crippen molar-refractivity contribution >= 4 is 17.3 Å². The lowest BCUT2D eigenvalue weighted by atomic mass is 9.93. The highest BCUT2D eigenvalue weighted by molar-refractivity contribution is 6.33. The molecule has 4 heteroatoms. The van der Waals surface area contributed by atoms with Gasteiger partial charge in [0.25, 0.3) is 0 Å². The summed E-state index contributed by atoms with van der Waals surface area (Å²) in [7, 11) is 0. The van der Waals surface area contributed by atoms with Crippen LogP contribution in [0.1, 0.15) is 18.4 Å². The van der Waals surface area contributed by atoms with Gasteiger partial charge in [0, 0.05) is 18.5 Å². The van der Waals surface area contributed by atoms with Crippen molar-refractivity contribution < 1.29 is 4.39 Å². The molecule has 2 nitrogen and oxygen atoms in total. The number of nitrogens with two attached hydrogens (primary N) is 1. The van der Waals surface area contributed by atoms with Gasteiger partial charge in [-0.05, 0) is 23.8 Å². The number of rotatable bonds is 5. The van der Waals surface area contributed by atoms with Crippen LogP contribution in [0.3, 0.4) is 0 Å². The van der Waals surface area contributed by atoms with Crippen LogP contribution in [0.4, 0.5) is 10.1 Å². The number of hydrogen-bond acceptors (Lipinski definition) is 2. The summed E-state index contributed by atoms with van der Waals surface area (Å²) in [4.78, 5) is 0. The summed E-state index contributed by atoms with van der Waals surface area (Å²) in [6, 6.07) is 14.3. The fourth-order valence-corrected chi connectivity index (χ4v) is 2.36. The van der Waals surface area contributed by atoms with E-state index in [-0.39, 0.29) is 17.8 Å². The minimum atomic E-state index is -0.319. The highest BCUT2D eigenvalue weighted by Crippen LogP contribution is 2.27. The van der Waals surface area contributed by atoms with Crippen LogP contribution in [-0.2, 0) is 0 Å². The zero-order valence-electron chi connectivity index (χ0n) is 11.3. The van der Waals surface area contributed by atoms with Crippen molar-refractivity contribution in [2.75, 3.05) is 11.9 Å². The van der Waals surface area contributed by atoms with Gasteiger partial charge in [-0.15, -0.1) is 0 Å². The Balaban J connectivity index is 2.18. The smallest absolute Gasteiger partial charge is 0.125 e. The minimum Gasteiger partial charge on any atom is -0.379 e. The summed E-state index contributed by atoms with van der Waals surface area (Å²) in [6.45, 7) is 2.52. The Hall–Kier alpha value is -1.58. The third-order valence-corrected chi connectivity index (χ3v) is 3.78. The minimum absolute atomic E-state index is 0.0169. The van der Waals surface area contributed by atoms with Crippen LogP contribution in [0.5, 0.6) is 0 Å². The van der Waals surface area contributed by atoms with Gasteiger partial charge in [0.15, 0.2) is 0 Å². The van der Waals surface area contributed by atoms with Gasteiger partial charge < -0.3 is 11.1 Å². The van der Waals surface area contributed by atoms with E-state index in [1.807, 2.05) is 18.2 Å². The summed E-state index contributed by atoms with van der Waals surface area (Å²) in [5, 5.41) is 3.73. The van der Waals surface area contributed by atoms with E-state index in [0.29, 0.717) is 17.3 Å². The average Bonchev–Trinajstić information content (AvgIpc) is 2.48. The molecule has 0 spiro atoms. The Morgan fingerprint density at radius 3 is 2.55 bits per heavy atom. The van der Waals surface area contributed by atoms with Crippen LogP contribution in [0.15, 0.2) is 48.5 Å². The Bertz CT molecular complexity index is 560. The molecule has 2 rings (SSSR count). The molecule has 0 radical (unpaired) electrons. The van der Waals surface area contributed by atoms with E-state index < -0.39 is 0 Å². The predicted octanol–water partition coefficient (Wildman–Crippen LogP) is 4.02. The molecule has 0 amide bonds. The third-order valence-electron chi connectivity index (χ3n) is 3.45. The van der Waals surface area contributed by atoms with Gasteiger partial charge in [-0.3, -0.25) is 0 Å². The molecule has 0 heterocycles. The first-order chi connectivity index (χ1) is 9.61. The molecule has 0 saturated heterocycles. The molecule has 20 heavy (non-hydrogen) atoms. The van der Waals surface area contributed by atoms with Crippen molar-refractivity contribution in [3.63, 3.8) is 0 Å². The Morgan fingerprint density at radius 2 is 1.90 bits per heavy atom. The van der Waals surface area contributed by atoms with Crippen LogP contribution in [0, 0.1) is 5.82 Å². The molecule has 0 aliphatic carbocycles. The summed E-state index contributed by atoms with van der Waals surface area (Å²) in [5.74, 6) is -0.124. The van der Waals surface area contributed by atoms with E-state index in [1.54, 1.807) is 6.07 Å². The second kappa shape index (κ2) is 6.73. The molecular formula is C16H18ClFN2. The number of nitrogens with one attached hydrogen (secondary N) is 1. The highest BCUT2D eigenvalue weighted by Gasteiger charge is 2.18. The number of hydrogen-bond donors (Lipinski definition) is 2. The first-order valence-corrected chi connectivity index (χ1v) is 6.96. The monoisotopic (exact) mass is 292 g/mol. The summed E-state index contributed by atoms with van der Waals surface area (Å²) >= 11 is 6.08. The van der Waals surface area contributed by atoms with E-state index in [9.17, 15) is 4.39 Å². The number of benzene rings is 2. The molecule has 2 aromatic rings. The molecular weight excluding hydrogens is 275 g/mol. The maximum Gasteiger partial charge on any atom is 0.125 e. The maximum absolute atomic E-state index is 13.3. The predicted molar refractivity (Wildman–Crippen MR) is 82.7 cm³/mol. The highest BCUT2D eigenvalue weighted by atomic mass is 35.5. The quantitative estimate of drug-likeness (QED) is 0.873. The fraction of sp³-hybridized carbons (Fsp3) is 0.250. The van der Waals surface area contributed by atoms with Crippen LogP contribution in [0.25, 0.3) is 0 Å². The van der Waals surface area contributed by atoms with Gasteiger partial charge in [0.2, 0.25) is 0 Å². The number of anilines is 1. The van der Waals surface area contributed by atoms with Crippen molar-refractivity contribution in [2.24, 2.45) is 5.73 Å². The van der Waals surface area contributed by atoms with Crippen molar-refractivity contribution in [2.45, 2.75) is 18.9 Å². The van der Waals surface area contributed by atoms with Gasteiger partial charge in [-0.1, -0.05) is 48.9 Å². The molecule has 0 aliphatic heterocycles. The second-order valence-corrected chi connectivity index (χ2v) is 5.22. The van der Waals surface area contributed by atoms with Gasteiger partial charge in [-0.2, -0.15) is 0 Å². The Morgan fingerprint density at radius 1 is 1.20 bits per heavy atom. The SMILES string of the molecule is CC(c1ccccc1)C(CN)Nc1cc(F)ccc1Cl. The molecule has 0 fully saturated rings. The van der Waals surface area contributed by atoms with Crippen LogP contribution >= 0.6 is 11.6 Å². The standard InChI is InChI=1S/C16H18ClFN2/c1-11(12-5-3-2-4-6-12)16(10-19)20-15-9-13(18)7-8-14(15)17/h2-9,11,16,20H,10,19H2,1H3. The molecule has 2 aromatic carbocycles. The van der Waals surface area contributed by atoms with Crippen molar-refractivity contribution in [3.05, 3.63) is 64.9 Å². The van der Waals surface area contributed by atoms with Crippen LogP contribution in [0.2, 0.25) is 5.02 Å². The number of halogens is 2. The van der Waals surface area contributed by atoms with E-state index in [2.05, 4.69) is 24.4 Å². The van der Waals surface area contributed by atoms with E-state index in [0.717, 1.165) is 0 Å². The maximum atomic E-state index is 13.3. The van der Waals surface area contributed by atoms with E-state index >= 15 is 0 Å². The zero-order chi connectivity index (χ0) is 14.5. The summed E-state index contributed by atoms with van der Waals surface area (Å²) in [6.07, 6.45) is 0. The van der Waals surface area contributed by atoms with Crippen molar-refractivity contribution in [1.29, 1.82) is 0 Å². The summed E-state index contributed by atoms with van der Waals surface area (Å²) in [5.41, 5.74) is 7.60.